The van der Waals surface area contributed by atoms with Gasteiger partial charge in [-0.3, -0.25) is 0 Å². The average Bonchev–Trinajstić information content (AvgIpc) is 2.48. The molecule has 2 aromatic rings. The number of alkyl halides is 3. The van der Waals surface area contributed by atoms with E-state index in [2.05, 4.69) is 20.1 Å². The standard InChI is InChI=1S/C16H14BrF3O4S/c1-10-4-3-5-11(2)15(10)23-9-12-8-13(6-7-14(12)17)24-25(21,22)16(18,19)20/h3-8H,9H2,1-2H3. The van der Waals surface area contributed by atoms with Gasteiger partial charge in [0.2, 0.25) is 0 Å². The van der Waals surface area contributed by atoms with Crippen molar-refractivity contribution in [2.45, 2.75) is 26.0 Å². The zero-order valence-electron chi connectivity index (χ0n) is 13.2. The Labute approximate surface area is 151 Å². The maximum atomic E-state index is 12.4. The largest absolute Gasteiger partial charge is 0.534 e. The highest BCUT2D eigenvalue weighted by molar-refractivity contribution is 9.10. The van der Waals surface area contributed by atoms with Crippen LogP contribution < -0.4 is 8.92 Å². The third-order valence-electron chi connectivity index (χ3n) is 3.29. The van der Waals surface area contributed by atoms with Crippen molar-refractivity contribution in [1.29, 1.82) is 0 Å². The van der Waals surface area contributed by atoms with Gasteiger partial charge in [0.15, 0.2) is 0 Å². The second-order valence-corrected chi connectivity index (χ2v) is 7.64. The van der Waals surface area contributed by atoms with Gasteiger partial charge in [-0.25, -0.2) is 0 Å². The second kappa shape index (κ2) is 7.25. The summed E-state index contributed by atoms with van der Waals surface area (Å²) < 4.78 is 69.8. The lowest BCUT2D eigenvalue weighted by Crippen LogP contribution is -2.28. The van der Waals surface area contributed by atoms with Gasteiger partial charge >= 0.3 is 15.6 Å². The number of aryl methyl sites for hydroxylation is 2. The van der Waals surface area contributed by atoms with Crippen LogP contribution >= 0.6 is 15.9 Å². The van der Waals surface area contributed by atoms with Crippen LogP contribution in [-0.4, -0.2) is 13.9 Å². The van der Waals surface area contributed by atoms with Gasteiger partial charge in [-0.15, -0.1) is 0 Å². The maximum Gasteiger partial charge on any atom is 0.534 e. The number of hydrogen-bond acceptors (Lipinski definition) is 4. The fourth-order valence-corrected chi connectivity index (χ4v) is 2.88. The Bertz CT molecular complexity index is 859. The first kappa shape index (κ1) is 19.6. The molecule has 0 bridgehead atoms. The molecule has 25 heavy (non-hydrogen) atoms. The Morgan fingerprint density at radius 3 is 2.24 bits per heavy atom. The molecule has 0 aliphatic carbocycles. The van der Waals surface area contributed by atoms with Gasteiger partial charge in [0.05, 0.1) is 0 Å². The topological polar surface area (TPSA) is 52.6 Å². The first-order chi connectivity index (χ1) is 11.5. The highest BCUT2D eigenvalue weighted by Crippen LogP contribution is 2.30. The summed E-state index contributed by atoms with van der Waals surface area (Å²) in [7, 11) is -5.72. The van der Waals surface area contributed by atoms with Crippen LogP contribution in [0.1, 0.15) is 16.7 Å². The summed E-state index contributed by atoms with van der Waals surface area (Å²) in [4.78, 5) is 0. The highest BCUT2D eigenvalue weighted by atomic mass is 79.9. The summed E-state index contributed by atoms with van der Waals surface area (Å²) in [5.74, 6) is 0.212. The molecule has 136 valence electrons. The molecule has 9 heteroatoms. The molecule has 2 aromatic carbocycles. The molecule has 0 heterocycles. The fourth-order valence-electron chi connectivity index (χ4n) is 2.06. The molecule has 0 unspecified atom stereocenters. The molecule has 4 nitrogen and oxygen atoms in total. The van der Waals surface area contributed by atoms with E-state index in [1.54, 1.807) is 0 Å². The summed E-state index contributed by atoms with van der Waals surface area (Å²) >= 11 is 3.25. The van der Waals surface area contributed by atoms with Crippen LogP contribution in [0.4, 0.5) is 13.2 Å². The van der Waals surface area contributed by atoms with Crippen LogP contribution in [0.15, 0.2) is 40.9 Å². The third kappa shape index (κ3) is 4.66. The first-order valence-corrected chi connectivity index (χ1v) is 9.19. The molecule has 0 amide bonds. The van der Waals surface area contributed by atoms with Crippen LogP contribution in [0.3, 0.4) is 0 Å². The average molecular weight is 439 g/mol. The van der Waals surface area contributed by atoms with Crippen molar-refractivity contribution in [3.63, 3.8) is 0 Å². The predicted octanol–water partition coefficient (Wildman–Crippen LogP) is 4.87. The minimum Gasteiger partial charge on any atom is -0.488 e. The molecule has 0 N–H and O–H groups in total. The van der Waals surface area contributed by atoms with Crippen molar-refractivity contribution >= 4 is 26.0 Å². The van der Waals surface area contributed by atoms with Crippen molar-refractivity contribution in [3.05, 3.63) is 57.6 Å². The van der Waals surface area contributed by atoms with E-state index in [4.69, 9.17) is 4.74 Å². The van der Waals surface area contributed by atoms with Crippen LogP contribution in [0.2, 0.25) is 0 Å². The molecular weight excluding hydrogens is 425 g/mol. The molecule has 0 spiro atoms. The number of para-hydroxylation sites is 1. The summed E-state index contributed by atoms with van der Waals surface area (Å²) in [5, 5.41) is 0. The summed E-state index contributed by atoms with van der Waals surface area (Å²) in [6, 6.07) is 9.31. The van der Waals surface area contributed by atoms with Gasteiger partial charge in [-0.2, -0.15) is 21.6 Å². The van der Waals surface area contributed by atoms with E-state index in [1.165, 1.54) is 12.1 Å². The van der Waals surface area contributed by atoms with Crippen LogP contribution in [0, 0.1) is 13.8 Å². The molecule has 0 atom stereocenters. The number of halogens is 4. The minimum atomic E-state index is -5.72. The quantitative estimate of drug-likeness (QED) is 0.493. The van der Waals surface area contributed by atoms with Crippen molar-refractivity contribution < 1.29 is 30.5 Å². The van der Waals surface area contributed by atoms with E-state index >= 15 is 0 Å². The zero-order chi connectivity index (χ0) is 18.8. The second-order valence-electron chi connectivity index (χ2n) is 5.25. The molecule has 0 saturated carbocycles. The molecular formula is C16H14BrF3O4S. The minimum absolute atomic E-state index is 0.0234. The molecule has 0 aliphatic rings. The van der Waals surface area contributed by atoms with Gasteiger partial charge in [-0.1, -0.05) is 34.1 Å². The molecule has 0 radical (unpaired) electrons. The van der Waals surface area contributed by atoms with Crippen molar-refractivity contribution in [2.75, 3.05) is 0 Å². The van der Waals surface area contributed by atoms with Crippen molar-refractivity contribution in [2.24, 2.45) is 0 Å². The normalized spacial score (nSPS) is 12.1. The third-order valence-corrected chi connectivity index (χ3v) is 5.04. The maximum absolute atomic E-state index is 12.4. The van der Waals surface area contributed by atoms with Crippen molar-refractivity contribution in [3.8, 4) is 11.5 Å². The Morgan fingerprint density at radius 2 is 1.68 bits per heavy atom. The van der Waals surface area contributed by atoms with Crippen LogP contribution in [0.5, 0.6) is 11.5 Å². The van der Waals surface area contributed by atoms with Gasteiger partial charge in [-0.05, 0) is 43.2 Å². The molecule has 0 aromatic heterocycles. The number of rotatable bonds is 5. The first-order valence-electron chi connectivity index (χ1n) is 6.99. The summed E-state index contributed by atoms with van der Waals surface area (Å²) in [6.45, 7) is 3.76. The van der Waals surface area contributed by atoms with Gasteiger partial charge in [0.1, 0.15) is 18.1 Å². The van der Waals surface area contributed by atoms with Crippen LogP contribution in [0.25, 0.3) is 0 Å². The highest BCUT2D eigenvalue weighted by Gasteiger charge is 2.48. The Hall–Kier alpha value is -1.74. The lowest BCUT2D eigenvalue weighted by atomic mass is 10.1. The smallest absolute Gasteiger partial charge is 0.488 e. The summed E-state index contributed by atoms with van der Waals surface area (Å²) in [5.41, 5.74) is -3.24. The fraction of sp³-hybridized carbons (Fsp3) is 0.250. The monoisotopic (exact) mass is 438 g/mol. The Morgan fingerprint density at radius 1 is 1.08 bits per heavy atom. The lowest BCUT2D eigenvalue weighted by molar-refractivity contribution is -0.0500. The van der Waals surface area contributed by atoms with Gasteiger partial charge in [0, 0.05) is 10.0 Å². The molecule has 0 aliphatic heterocycles. The summed E-state index contributed by atoms with van der Waals surface area (Å²) in [6.07, 6.45) is 0. The SMILES string of the molecule is Cc1cccc(C)c1OCc1cc(OS(=O)(=O)C(F)(F)F)ccc1Br. The van der Waals surface area contributed by atoms with E-state index < -0.39 is 21.4 Å². The Balaban J connectivity index is 2.23. The zero-order valence-corrected chi connectivity index (χ0v) is 15.6. The molecule has 0 saturated heterocycles. The van der Waals surface area contributed by atoms with E-state index in [-0.39, 0.29) is 6.61 Å². The van der Waals surface area contributed by atoms with Crippen LogP contribution in [-0.2, 0) is 16.7 Å². The van der Waals surface area contributed by atoms with Gasteiger partial charge < -0.3 is 8.92 Å². The van der Waals surface area contributed by atoms with Crippen molar-refractivity contribution in [1.82, 2.24) is 0 Å². The molecule has 0 fully saturated rings. The molecule has 2 rings (SSSR count). The van der Waals surface area contributed by atoms with E-state index in [0.717, 1.165) is 17.2 Å². The number of ether oxygens (including phenoxy) is 1. The van der Waals surface area contributed by atoms with E-state index in [9.17, 15) is 21.6 Å². The predicted molar refractivity (Wildman–Crippen MR) is 90.0 cm³/mol. The van der Waals surface area contributed by atoms with Gasteiger partial charge in [0.25, 0.3) is 0 Å². The van der Waals surface area contributed by atoms with E-state index in [1.807, 2.05) is 32.0 Å². The Kier molecular flexibility index (Phi) is 5.68. The number of benzene rings is 2. The van der Waals surface area contributed by atoms with E-state index in [0.29, 0.717) is 15.8 Å². The number of hydrogen-bond donors (Lipinski definition) is 0. The lowest BCUT2D eigenvalue weighted by Gasteiger charge is -2.14.